The first-order valence-corrected chi connectivity index (χ1v) is 7.06. The summed E-state index contributed by atoms with van der Waals surface area (Å²) in [7, 11) is 0. The van der Waals surface area contributed by atoms with Crippen molar-refractivity contribution in [3.05, 3.63) is 29.8 Å². The SMILES string of the molecule is CCCNC1CCCCC1Oc1cccc(F)c1F. The molecule has 2 atom stereocenters. The molecule has 106 valence electrons. The van der Waals surface area contributed by atoms with Crippen molar-refractivity contribution < 1.29 is 13.5 Å². The van der Waals surface area contributed by atoms with E-state index in [0.29, 0.717) is 0 Å². The fourth-order valence-electron chi connectivity index (χ4n) is 2.54. The van der Waals surface area contributed by atoms with E-state index in [1.54, 1.807) is 0 Å². The summed E-state index contributed by atoms with van der Waals surface area (Å²) < 4.78 is 32.5. The fraction of sp³-hybridized carbons (Fsp3) is 0.600. The van der Waals surface area contributed by atoms with Crippen LogP contribution in [0.2, 0.25) is 0 Å². The zero-order valence-electron chi connectivity index (χ0n) is 11.3. The van der Waals surface area contributed by atoms with Crippen molar-refractivity contribution >= 4 is 0 Å². The minimum atomic E-state index is -0.887. The Bertz CT molecular complexity index is 411. The molecule has 0 heterocycles. The molecule has 2 rings (SSSR count). The Labute approximate surface area is 113 Å². The zero-order valence-corrected chi connectivity index (χ0v) is 11.3. The molecule has 0 radical (unpaired) electrons. The predicted molar refractivity (Wildman–Crippen MR) is 71.3 cm³/mol. The van der Waals surface area contributed by atoms with E-state index in [-0.39, 0.29) is 17.9 Å². The van der Waals surface area contributed by atoms with Crippen LogP contribution in [0.3, 0.4) is 0 Å². The van der Waals surface area contributed by atoms with E-state index < -0.39 is 11.6 Å². The molecule has 2 nitrogen and oxygen atoms in total. The van der Waals surface area contributed by atoms with Gasteiger partial charge in [-0.1, -0.05) is 19.4 Å². The maximum absolute atomic E-state index is 13.6. The molecule has 0 spiro atoms. The van der Waals surface area contributed by atoms with Gasteiger partial charge in [0.15, 0.2) is 11.6 Å². The van der Waals surface area contributed by atoms with E-state index in [2.05, 4.69) is 12.2 Å². The second-order valence-electron chi connectivity index (χ2n) is 5.05. The summed E-state index contributed by atoms with van der Waals surface area (Å²) in [5, 5.41) is 3.43. The third-order valence-electron chi connectivity index (χ3n) is 3.55. The van der Waals surface area contributed by atoms with Crippen LogP contribution in [0.4, 0.5) is 8.78 Å². The van der Waals surface area contributed by atoms with Crippen LogP contribution in [0, 0.1) is 11.6 Å². The van der Waals surface area contributed by atoms with Gasteiger partial charge in [0.25, 0.3) is 0 Å². The third-order valence-corrected chi connectivity index (χ3v) is 3.55. The van der Waals surface area contributed by atoms with E-state index in [4.69, 9.17) is 4.74 Å². The lowest BCUT2D eigenvalue weighted by Gasteiger charge is -2.32. The lowest BCUT2D eigenvalue weighted by molar-refractivity contribution is 0.108. The number of hydrogen-bond acceptors (Lipinski definition) is 2. The average molecular weight is 269 g/mol. The lowest BCUT2D eigenvalue weighted by Crippen LogP contribution is -2.45. The van der Waals surface area contributed by atoms with Crippen LogP contribution in [-0.2, 0) is 0 Å². The molecule has 19 heavy (non-hydrogen) atoms. The Morgan fingerprint density at radius 1 is 1.26 bits per heavy atom. The molecule has 2 unspecified atom stereocenters. The van der Waals surface area contributed by atoms with Gasteiger partial charge in [-0.05, 0) is 44.4 Å². The molecule has 1 aliphatic carbocycles. The highest BCUT2D eigenvalue weighted by Gasteiger charge is 2.27. The Morgan fingerprint density at radius 2 is 2.05 bits per heavy atom. The number of nitrogens with one attached hydrogen (secondary N) is 1. The molecule has 1 fully saturated rings. The molecule has 1 saturated carbocycles. The van der Waals surface area contributed by atoms with Gasteiger partial charge in [0.1, 0.15) is 6.10 Å². The number of halogens is 2. The number of benzene rings is 1. The van der Waals surface area contributed by atoms with Crippen molar-refractivity contribution in [3.63, 3.8) is 0 Å². The standard InChI is InChI=1S/C15H21F2NO/c1-2-10-18-12-7-3-4-8-13(12)19-14-9-5-6-11(16)15(14)17/h5-6,9,12-13,18H,2-4,7-8,10H2,1H3. The second kappa shape index (κ2) is 6.85. The number of ether oxygens (including phenoxy) is 1. The van der Waals surface area contributed by atoms with E-state index in [9.17, 15) is 8.78 Å². The van der Waals surface area contributed by atoms with Gasteiger partial charge in [-0.15, -0.1) is 0 Å². The molecular formula is C15H21F2NO. The highest BCUT2D eigenvalue weighted by Crippen LogP contribution is 2.26. The van der Waals surface area contributed by atoms with E-state index in [1.807, 2.05) is 0 Å². The van der Waals surface area contributed by atoms with Crippen molar-refractivity contribution in [2.75, 3.05) is 6.54 Å². The first-order chi connectivity index (χ1) is 9.22. The molecule has 1 N–H and O–H groups in total. The zero-order chi connectivity index (χ0) is 13.7. The van der Waals surface area contributed by atoms with Gasteiger partial charge >= 0.3 is 0 Å². The minimum absolute atomic E-state index is 0.0233. The fourth-order valence-corrected chi connectivity index (χ4v) is 2.54. The molecule has 0 aromatic heterocycles. The minimum Gasteiger partial charge on any atom is -0.486 e. The summed E-state index contributed by atoms with van der Waals surface area (Å²) in [6.07, 6.45) is 5.13. The van der Waals surface area contributed by atoms with Gasteiger partial charge in [-0.2, -0.15) is 4.39 Å². The van der Waals surface area contributed by atoms with Gasteiger partial charge < -0.3 is 10.1 Å². The molecule has 0 aliphatic heterocycles. The molecule has 0 amide bonds. The first-order valence-electron chi connectivity index (χ1n) is 7.06. The Hall–Kier alpha value is -1.16. The van der Waals surface area contributed by atoms with Crippen molar-refractivity contribution in [1.82, 2.24) is 5.32 Å². The summed E-state index contributed by atoms with van der Waals surface area (Å²) >= 11 is 0. The van der Waals surface area contributed by atoms with E-state index in [0.717, 1.165) is 44.7 Å². The molecule has 0 bridgehead atoms. The van der Waals surface area contributed by atoms with Crippen LogP contribution in [0.5, 0.6) is 5.75 Å². The van der Waals surface area contributed by atoms with Crippen LogP contribution >= 0.6 is 0 Å². The molecule has 4 heteroatoms. The quantitative estimate of drug-likeness (QED) is 0.881. The van der Waals surface area contributed by atoms with Crippen LogP contribution < -0.4 is 10.1 Å². The van der Waals surface area contributed by atoms with Gasteiger partial charge in [-0.3, -0.25) is 0 Å². The monoisotopic (exact) mass is 269 g/mol. The van der Waals surface area contributed by atoms with Gasteiger partial charge in [0, 0.05) is 6.04 Å². The topological polar surface area (TPSA) is 21.3 Å². The lowest BCUT2D eigenvalue weighted by atomic mass is 9.92. The Kier molecular flexibility index (Phi) is 5.14. The van der Waals surface area contributed by atoms with Crippen molar-refractivity contribution in [2.24, 2.45) is 0 Å². The predicted octanol–water partition coefficient (Wildman–Crippen LogP) is 3.65. The normalized spacial score (nSPS) is 23.3. The number of hydrogen-bond donors (Lipinski definition) is 1. The van der Waals surface area contributed by atoms with Gasteiger partial charge in [0.05, 0.1) is 0 Å². The average Bonchev–Trinajstić information content (AvgIpc) is 2.43. The van der Waals surface area contributed by atoms with Crippen LogP contribution in [-0.4, -0.2) is 18.7 Å². The largest absolute Gasteiger partial charge is 0.486 e. The van der Waals surface area contributed by atoms with E-state index in [1.165, 1.54) is 12.1 Å². The Balaban J connectivity index is 2.04. The van der Waals surface area contributed by atoms with Crippen molar-refractivity contribution in [3.8, 4) is 5.75 Å². The van der Waals surface area contributed by atoms with Crippen LogP contribution in [0.15, 0.2) is 18.2 Å². The Morgan fingerprint density at radius 3 is 2.84 bits per heavy atom. The molecule has 1 aliphatic rings. The maximum atomic E-state index is 13.6. The molecule has 1 aromatic rings. The molecule has 1 aromatic carbocycles. The summed E-state index contributed by atoms with van der Waals surface area (Å²) in [6.45, 7) is 3.04. The van der Waals surface area contributed by atoms with Crippen molar-refractivity contribution in [2.45, 2.75) is 51.2 Å². The first kappa shape index (κ1) is 14.3. The van der Waals surface area contributed by atoms with Crippen LogP contribution in [0.25, 0.3) is 0 Å². The summed E-state index contributed by atoms with van der Waals surface area (Å²) in [6, 6.07) is 4.31. The maximum Gasteiger partial charge on any atom is 0.200 e. The van der Waals surface area contributed by atoms with Gasteiger partial charge in [-0.25, -0.2) is 4.39 Å². The van der Waals surface area contributed by atoms with E-state index >= 15 is 0 Å². The molecule has 0 saturated heterocycles. The second-order valence-corrected chi connectivity index (χ2v) is 5.05. The summed E-state index contributed by atoms with van der Waals surface area (Å²) in [5.41, 5.74) is 0. The van der Waals surface area contributed by atoms with Crippen LogP contribution in [0.1, 0.15) is 39.0 Å². The highest BCUT2D eigenvalue weighted by atomic mass is 19.2. The van der Waals surface area contributed by atoms with Crippen molar-refractivity contribution in [1.29, 1.82) is 0 Å². The highest BCUT2D eigenvalue weighted by molar-refractivity contribution is 5.25. The third kappa shape index (κ3) is 3.66. The summed E-state index contributed by atoms with van der Waals surface area (Å²) in [4.78, 5) is 0. The molecular weight excluding hydrogens is 248 g/mol. The van der Waals surface area contributed by atoms with Gasteiger partial charge in [0.2, 0.25) is 5.82 Å². The number of rotatable bonds is 5. The summed E-state index contributed by atoms with van der Waals surface area (Å²) in [5.74, 6) is -1.72. The smallest absolute Gasteiger partial charge is 0.200 e.